The van der Waals surface area contributed by atoms with Crippen molar-refractivity contribution in [2.75, 3.05) is 40.9 Å². The number of carbonyl (C=O) groups is 1. The lowest BCUT2D eigenvalue weighted by molar-refractivity contribution is -0.156. The molecule has 2 unspecified atom stereocenters. The maximum Gasteiger partial charge on any atom is 0.328 e. The van der Waals surface area contributed by atoms with Gasteiger partial charge in [0.1, 0.15) is 5.54 Å². The molecule has 0 saturated heterocycles. The van der Waals surface area contributed by atoms with Crippen LogP contribution in [0.3, 0.4) is 0 Å². The van der Waals surface area contributed by atoms with E-state index in [-0.39, 0.29) is 12.1 Å². The average Bonchev–Trinajstić information content (AvgIpc) is 2.27. The Bertz CT molecular complexity index is 234. The maximum absolute atomic E-state index is 12.0. The molecule has 1 N–H and O–H groups in total. The van der Waals surface area contributed by atoms with Crippen LogP contribution in [0.5, 0.6) is 0 Å². The topological polar surface area (TPSA) is 50.8 Å². The fraction of sp³-hybridized carbons (Fsp3) is 0.917. The van der Waals surface area contributed by atoms with Crippen LogP contribution in [0.4, 0.5) is 0 Å². The van der Waals surface area contributed by atoms with Crippen LogP contribution in [0.25, 0.3) is 0 Å². The molecule has 102 valence electrons. The zero-order chi connectivity index (χ0) is 13.5. The first-order valence-electron chi connectivity index (χ1n) is 5.98. The Labute approximate surface area is 104 Å². The van der Waals surface area contributed by atoms with Crippen LogP contribution in [-0.2, 0) is 14.3 Å². The lowest BCUT2D eigenvalue weighted by atomic mass is 9.95. The van der Waals surface area contributed by atoms with E-state index < -0.39 is 5.54 Å². The van der Waals surface area contributed by atoms with Crippen molar-refractivity contribution < 1.29 is 14.3 Å². The second kappa shape index (κ2) is 7.63. The number of rotatable bonds is 8. The van der Waals surface area contributed by atoms with Gasteiger partial charge in [-0.15, -0.1) is 0 Å². The minimum Gasteiger partial charge on any atom is -0.465 e. The lowest BCUT2D eigenvalue weighted by Crippen LogP contribution is -2.59. The summed E-state index contributed by atoms with van der Waals surface area (Å²) in [6.07, 6.45) is -0.247. The number of methoxy groups -OCH3 is 1. The van der Waals surface area contributed by atoms with Gasteiger partial charge >= 0.3 is 5.97 Å². The molecule has 0 bridgehead atoms. The number of hydrogen-bond donors (Lipinski definition) is 1. The molecular weight excluding hydrogens is 220 g/mol. The largest absolute Gasteiger partial charge is 0.465 e. The summed E-state index contributed by atoms with van der Waals surface area (Å²) in [4.78, 5) is 14.0. The van der Waals surface area contributed by atoms with Gasteiger partial charge in [0.05, 0.1) is 12.7 Å². The second-order valence-corrected chi connectivity index (χ2v) is 4.53. The van der Waals surface area contributed by atoms with Crippen molar-refractivity contribution in [1.29, 1.82) is 0 Å². The summed E-state index contributed by atoms with van der Waals surface area (Å²) in [6.45, 7) is 7.41. The summed E-state index contributed by atoms with van der Waals surface area (Å²) in [7, 11) is 5.57. The number of likely N-dealkylation sites (N-methyl/N-ethyl adjacent to an activating group) is 1. The highest BCUT2D eigenvalue weighted by molar-refractivity contribution is 5.81. The van der Waals surface area contributed by atoms with Gasteiger partial charge in [-0.3, -0.25) is 5.32 Å². The second-order valence-electron chi connectivity index (χ2n) is 4.53. The minimum atomic E-state index is -0.805. The van der Waals surface area contributed by atoms with E-state index in [2.05, 4.69) is 10.2 Å². The quantitative estimate of drug-likeness (QED) is 0.632. The van der Waals surface area contributed by atoms with Gasteiger partial charge in [-0.25, -0.2) is 4.79 Å². The molecule has 0 amide bonds. The molecule has 0 fully saturated rings. The summed E-state index contributed by atoms with van der Waals surface area (Å²) in [6, 6.07) is 0. The fourth-order valence-electron chi connectivity index (χ4n) is 1.44. The highest BCUT2D eigenvalue weighted by atomic mass is 16.5. The number of carbonyl (C=O) groups excluding carboxylic acids is 1. The molecule has 0 rings (SSSR count). The number of ether oxygens (including phenoxy) is 2. The third-order valence-electron chi connectivity index (χ3n) is 2.92. The third kappa shape index (κ3) is 5.02. The Kier molecular flexibility index (Phi) is 7.34. The summed E-state index contributed by atoms with van der Waals surface area (Å²) in [5, 5.41) is 3.22. The van der Waals surface area contributed by atoms with Crippen molar-refractivity contribution in [1.82, 2.24) is 10.2 Å². The van der Waals surface area contributed by atoms with Crippen molar-refractivity contribution in [2.45, 2.75) is 32.4 Å². The SMILES string of the molecule is CCOC(=O)C(C)(NCCN(C)C)C(C)OC. The molecular formula is C12H26N2O3. The molecule has 0 aromatic heterocycles. The van der Waals surface area contributed by atoms with Crippen LogP contribution in [0.1, 0.15) is 20.8 Å². The van der Waals surface area contributed by atoms with Gasteiger partial charge in [-0.05, 0) is 34.9 Å². The Morgan fingerprint density at radius 1 is 1.47 bits per heavy atom. The molecule has 2 atom stereocenters. The molecule has 0 heterocycles. The first kappa shape index (κ1) is 16.4. The first-order chi connectivity index (χ1) is 7.88. The van der Waals surface area contributed by atoms with E-state index in [9.17, 15) is 4.79 Å². The molecule has 0 aromatic carbocycles. The Hall–Kier alpha value is -0.650. The van der Waals surface area contributed by atoms with Gasteiger partial charge in [0.15, 0.2) is 0 Å². The van der Waals surface area contributed by atoms with Crippen LogP contribution >= 0.6 is 0 Å². The normalized spacial score (nSPS) is 16.6. The molecule has 0 spiro atoms. The standard InChI is InChI=1S/C12H26N2O3/c1-7-17-11(15)12(3,10(2)16-6)13-8-9-14(4)5/h10,13H,7-9H2,1-6H3. The van der Waals surface area contributed by atoms with Crippen molar-refractivity contribution in [3.8, 4) is 0 Å². The summed E-state index contributed by atoms with van der Waals surface area (Å²) in [5.74, 6) is -0.270. The first-order valence-corrected chi connectivity index (χ1v) is 5.98. The Balaban J connectivity index is 4.55. The Morgan fingerprint density at radius 2 is 2.06 bits per heavy atom. The molecule has 0 aromatic rings. The van der Waals surface area contributed by atoms with E-state index in [1.165, 1.54) is 0 Å². The Morgan fingerprint density at radius 3 is 2.47 bits per heavy atom. The molecule has 0 saturated carbocycles. The average molecular weight is 246 g/mol. The molecule has 0 radical (unpaired) electrons. The van der Waals surface area contributed by atoms with Crippen LogP contribution in [0.15, 0.2) is 0 Å². The van der Waals surface area contributed by atoms with E-state index in [1.807, 2.05) is 27.9 Å². The molecule has 0 aliphatic rings. The number of nitrogens with zero attached hydrogens (tertiary/aromatic N) is 1. The monoisotopic (exact) mass is 246 g/mol. The van der Waals surface area contributed by atoms with E-state index in [0.717, 1.165) is 6.54 Å². The third-order valence-corrected chi connectivity index (χ3v) is 2.92. The van der Waals surface area contributed by atoms with Crippen LogP contribution in [0.2, 0.25) is 0 Å². The highest BCUT2D eigenvalue weighted by Crippen LogP contribution is 2.15. The van der Waals surface area contributed by atoms with Gasteiger partial charge in [-0.2, -0.15) is 0 Å². The number of hydrogen-bond acceptors (Lipinski definition) is 5. The molecule has 5 heteroatoms. The van der Waals surface area contributed by atoms with Crippen molar-refractivity contribution >= 4 is 5.97 Å². The maximum atomic E-state index is 12.0. The van der Waals surface area contributed by atoms with Crippen molar-refractivity contribution in [3.05, 3.63) is 0 Å². The predicted molar refractivity (Wildman–Crippen MR) is 68.1 cm³/mol. The van der Waals surface area contributed by atoms with Gasteiger partial charge in [0.2, 0.25) is 0 Å². The van der Waals surface area contributed by atoms with Crippen molar-refractivity contribution in [2.24, 2.45) is 0 Å². The summed E-state index contributed by atoms with van der Waals surface area (Å²) < 4.78 is 10.4. The smallest absolute Gasteiger partial charge is 0.328 e. The van der Waals surface area contributed by atoms with Crippen molar-refractivity contribution in [3.63, 3.8) is 0 Å². The zero-order valence-electron chi connectivity index (χ0n) is 11.9. The van der Waals surface area contributed by atoms with Gasteiger partial charge < -0.3 is 14.4 Å². The lowest BCUT2D eigenvalue weighted by Gasteiger charge is -2.33. The molecule has 17 heavy (non-hydrogen) atoms. The fourth-order valence-corrected chi connectivity index (χ4v) is 1.44. The van der Waals surface area contributed by atoms with Gasteiger partial charge in [0, 0.05) is 20.2 Å². The number of nitrogens with one attached hydrogen (secondary N) is 1. The molecule has 5 nitrogen and oxygen atoms in total. The van der Waals surface area contributed by atoms with Gasteiger partial charge in [-0.1, -0.05) is 0 Å². The minimum absolute atomic E-state index is 0.247. The summed E-state index contributed by atoms with van der Waals surface area (Å²) in [5.41, 5.74) is -0.805. The summed E-state index contributed by atoms with van der Waals surface area (Å²) >= 11 is 0. The number of esters is 1. The van der Waals surface area contributed by atoms with E-state index in [1.54, 1.807) is 14.0 Å². The molecule has 0 aliphatic carbocycles. The van der Waals surface area contributed by atoms with E-state index in [0.29, 0.717) is 13.2 Å². The van der Waals surface area contributed by atoms with Crippen LogP contribution < -0.4 is 5.32 Å². The van der Waals surface area contributed by atoms with E-state index in [4.69, 9.17) is 9.47 Å². The van der Waals surface area contributed by atoms with Gasteiger partial charge in [0.25, 0.3) is 0 Å². The molecule has 0 aliphatic heterocycles. The predicted octanol–water partition coefficient (Wildman–Crippen LogP) is 0.494. The van der Waals surface area contributed by atoms with Crippen LogP contribution in [0, 0.1) is 0 Å². The van der Waals surface area contributed by atoms with E-state index >= 15 is 0 Å². The zero-order valence-corrected chi connectivity index (χ0v) is 11.9. The highest BCUT2D eigenvalue weighted by Gasteiger charge is 2.40. The van der Waals surface area contributed by atoms with Crippen LogP contribution in [-0.4, -0.2) is 63.4 Å².